The van der Waals surface area contributed by atoms with Crippen molar-refractivity contribution >= 4 is 11.4 Å². The van der Waals surface area contributed by atoms with Crippen molar-refractivity contribution in [3.05, 3.63) is 60.2 Å². The molecule has 0 aliphatic rings. The number of nitrogens with zero attached hydrogens (tertiary/aromatic N) is 1. The number of rotatable bonds is 6. The van der Waals surface area contributed by atoms with Crippen molar-refractivity contribution in [3.63, 3.8) is 0 Å². The number of aliphatic hydroxyl groups excluding tert-OH is 1. The van der Waals surface area contributed by atoms with Crippen LogP contribution in [-0.2, 0) is 6.42 Å². The van der Waals surface area contributed by atoms with Crippen LogP contribution in [0.2, 0.25) is 0 Å². The minimum Gasteiger partial charge on any atom is -0.396 e. The third-order valence-electron chi connectivity index (χ3n) is 3.26. The first-order valence-electron chi connectivity index (χ1n) is 6.87. The van der Waals surface area contributed by atoms with Crippen LogP contribution in [0.4, 0.5) is 11.4 Å². The summed E-state index contributed by atoms with van der Waals surface area (Å²) in [7, 11) is 0. The lowest BCUT2D eigenvalue weighted by atomic mass is 10.1. The summed E-state index contributed by atoms with van der Waals surface area (Å²) in [5.74, 6) is 0. The molecule has 2 nitrogen and oxygen atoms in total. The van der Waals surface area contributed by atoms with Gasteiger partial charge >= 0.3 is 0 Å². The van der Waals surface area contributed by atoms with Gasteiger partial charge in [0.15, 0.2) is 0 Å². The third kappa shape index (κ3) is 3.58. The van der Waals surface area contributed by atoms with E-state index in [1.165, 1.54) is 16.9 Å². The van der Waals surface area contributed by atoms with Crippen LogP contribution >= 0.6 is 0 Å². The van der Waals surface area contributed by atoms with Crippen LogP contribution in [0.15, 0.2) is 54.6 Å². The summed E-state index contributed by atoms with van der Waals surface area (Å²) in [5, 5.41) is 8.85. The summed E-state index contributed by atoms with van der Waals surface area (Å²) in [6.07, 6.45) is 1.77. The molecule has 0 aliphatic carbocycles. The number of anilines is 2. The quantitative estimate of drug-likeness (QED) is 0.849. The van der Waals surface area contributed by atoms with E-state index in [1.807, 2.05) is 6.07 Å². The summed E-state index contributed by atoms with van der Waals surface area (Å²) in [4.78, 5) is 2.29. The van der Waals surface area contributed by atoms with E-state index in [-0.39, 0.29) is 6.61 Å². The summed E-state index contributed by atoms with van der Waals surface area (Å²) < 4.78 is 0. The van der Waals surface area contributed by atoms with Gasteiger partial charge in [-0.25, -0.2) is 0 Å². The van der Waals surface area contributed by atoms with E-state index >= 15 is 0 Å². The van der Waals surface area contributed by atoms with Gasteiger partial charge in [-0.2, -0.15) is 0 Å². The number of para-hydroxylation sites is 1. The molecule has 0 aromatic heterocycles. The van der Waals surface area contributed by atoms with Gasteiger partial charge in [0, 0.05) is 24.5 Å². The van der Waals surface area contributed by atoms with E-state index < -0.39 is 0 Å². The molecule has 2 rings (SSSR count). The molecule has 0 radical (unpaired) electrons. The predicted octanol–water partition coefficient (Wildman–Crippen LogP) is 3.77. The Morgan fingerprint density at radius 2 is 1.53 bits per heavy atom. The Balaban J connectivity index is 2.15. The van der Waals surface area contributed by atoms with Gasteiger partial charge in [0.05, 0.1) is 0 Å². The maximum absolute atomic E-state index is 8.85. The molecule has 2 heteroatoms. The molecule has 0 fully saturated rings. The highest BCUT2D eigenvalue weighted by molar-refractivity contribution is 5.63. The Labute approximate surface area is 115 Å². The average molecular weight is 255 g/mol. The third-order valence-corrected chi connectivity index (χ3v) is 3.26. The molecule has 0 aliphatic heterocycles. The minimum absolute atomic E-state index is 0.257. The maximum Gasteiger partial charge on any atom is 0.0434 e. The molecule has 0 heterocycles. The van der Waals surface area contributed by atoms with Gasteiger partial charge in [-0.1, -0.05) is 30.3 Å². The highest BCUT2D eigenvalue weighted by Crippen LogP contribution is 2.25. The Morgan fingerprint density at radius 3 is 2.11 bits per heavy atom. The highest BCUT2D eigenvalue weighted by atomic mass is 16.2. The average Bonchev–Trinajstić information content (AvgIpc) is 2.48. The summed E-state index contributed by atoms with van der Waals surface area (Å²) in [6, 6.07) is 19.0. The maximum atomic E-state index is 8.85. The van der Waals surface area contributed by atoms with Crippen molar-refractivity contribution in [2.75, 3.05) is 18.1 Å². The van der Waals surface area contributed by atoms with Gasteiger partial charge in [-0.3, -0.25) is 0 Å². The van der Waals surface area contributed by atoms with Crippen LogP contribution in [0.3, 0.4) is 0 Å². The second-order valence-electron chi connectivity index (χ2n) is 4.57. The van der Waals surface area contributed by atoms with Crippen LogP contribution < -0.4 is 4.90 Å². The second kappa shape index (κ2) is 6.95. The fraction of sp³-hybridized carbons (Fsp3) is 0.294. The molecular formula is C17H21NO. The first-order chi connectivity index (χ1) is 9.35. The minimum atomic E-state index is 0.257. The number of hydrogen-bond acceptors (Lipinski definition) is 2. The van der Waals surface area contributed by atoms with Crippen molar-refractivity contribution in [2.24, 2.45) is 0 Å². The largest absolute Gasteiger partial charge is 0.396 e. The van der Waals surface area contributed by atoms with Gasteiger partial charge in [-0.05, 0) is 49.6 Å². The van der Waals surface area contributed by atoms with E-state index in [0.29, 0.717) is 0 Å². The molecule has 1 N–H and O–H groups in total. The van der Waals surface area contributed by atoms with Crippen molar-refractivity contribution < 1.29 is 5.11 Å². The predicted molar refractivity (Wildman–Crippen MR) is 81.0 cm³/mol. The summed E-state index contributed by atoms with van der Waals surface area (Å²) >= 11 is 0. The van der Waals surface area contributed by atoms with Crippen LogP contribution in [0.25, 0.3) is 0 Å². The van der Waals surface area contributed by atoms with E-state index in [0.717, 1.165) is 19.4 Å². The van der Waals surface area contributed by atoms with Gasteiger partial charge < -0.3 is 10.0 Å². The fourth-order valence-electron chi connectivity index (χ4n) is 2.25. The number of aryl methyl sites for hydroxylation is 1. The van der Waals surface area contributed by atoms with Crippen molar-refractivity contribution in [1.29, 1.82) is 0 Å². The molecule has 0 unspecified atom stereocenters. The zero-order valence-electron chi connectivity index (χ0n) is 11.4. The Morgan fingerprint density at radius 1 is 0.895 bits per heavy atom. The van der Waals surface area contributed by atoms with E-state index in [1.54, 1.807) is 0 Å². The highest BCUT2D eigenvalue weighted by Gasteiger charge is 2.06. The van der Waals surface area contributed by atoms with Gasteiger partial charge in [0.2, 0.25) is 0 Å². The topological polar surface area (TPSA) is 23.5 Å². The SMILES string of the molecule is CCN(c1ccccc1)c1ccc(CCCO)cc1. The zero-order valence-corrected chi connectivity index (χ0v) is 11.4. The molecule has 0 atom stereocenters. The first kappa shape index (κ1) is 13.6. The molecular weight excluding hydrogens is 234 g/mol. The van der Waals surface area contributed by atoms with E-state index in [9.17, 15) is 0 Å². The molecule has 2 aromatic rings. The van der Waals surface area contributed by atoms with Crippen molar-refractivity contribution in [1.82, 2.24) is 0 Å². The van der Waals surface area contributed by atoms with E-state index in [4.69, 9.17) is 5.11 Å². The van der Waals surface area contributed by atoms with Gasteiger partial charge in [-0.15, -0.1) is 0 Å². The second-order valence-corrected chi connectivity index (χ2v) is 4.57. The van der Waals surface area contributed by atoms with Crippen LogP contribution in [-0.4, -0.2) is 18.3 Å². The number of aliphatic hydroxyl groups is 1. The first-order valence-corrected chi connectivity index (χ1v) is 6.87. The normalized spacial score (nSPS) is 10.4. The molecule has 100 valence electrons. The molecule has 0 bridgehead atoms. The molecule has 2 aromatic carbocycles. The fourth-order valence-corrected chi connectivity index (χ4v) is 2.25. The standard InChI is InChI=1S/C17H21NO/c1-2-18(16-8-4-3-5-9-16)17-12-10-15(11-13-17)7-6-14-19/h3-5,8-13,19H,2,6-7,14H2,1H3. The van der Waals surface area contributed by atoms with Crippen LogP contribution in [0.5, 0.6) is 0 Å². The van der Waals surface area contributed by atoms with Crippen LogP contribution in [0.1, 0.15) is 18.9 Å². The van der Waals surface area contributed by atoms with Crippen LogP contribution in [0, 0.1) is 0 Å². The lowest BCUT2D eigenvalue weighted by molar-refractivity contribution is 0.288. The summed E-state index contributed by atoms with van der Waals surface area (Å²) in [6.45, 7) is 3.36. The number of hydrogen-bond donors (Lipinski definition) is 1. The molecule has 0 saturated heterocycles. The molecule has 0 amide bonds. The Kier molecular flexibility index (Phi) is 4.99. The molecule has 19 heavy (non-hydrogen) atoms. The van der Waals surface area contributed by atoms with E-state index in [2.05, 4.69) is 60.4 Å². The monoisotopic (exact) mass is 255 g/mol. The zero-order chi connectivity index (χ0) is 13.5. The lowest BCUT2D eigenvalue weighted by Gasteiger charge is -2.23. The van der Waals surface area contributed by atoms with Gasteiger partial charge in [0.1, 0.15) is 0 Å². The lowest BCUT2D eigenvalue weighted by Crippen LogP contribution is -2.15. The van der Waals surface area contributed by atoms with Crippen molar-refractivity contribution in [3.8, 4) is 0 Å². The Hall–Kier alpha value is -1.80. The summed E-state index contributed by atoms with van der Waals surface area (Å²) in [5.41, 5.74) is 3.71. The van der Waals surface area contributed by atoms with Gasteiger partial charge in [0.25, 0.3) is 0 Å². The molecule has 0 saturated carbocycles. The smallest absolute Gasteiger partial charge is 0.0434 e. The number of benzene rings is 2. The molecule has 0 spiro atoms. The Bertz CT molecular complexity index is 478. The van der Waals surface area contributed by atoms with Crippen molar-refractivity contribution in [2.45, 2.75) is 19.8 Å².